The Bertz CT molecular complexity index is 2370. The number of aromatic nitrogens is 2. The van der Waals surface area contributed by atoms with E-state index in [1.54, 1.807) is 19.3 Å². The number of halogens is 1. The molecule has 1 fully saturated rings. The fraction of sp³-hybridized carbons (Fsp3) is 0.286. The number of fused-ring (bicyclic) bond motifs is 2. The molecule has 1 aliphatic carbocycles. The normalized spacial score (nSPS) is 12.8. The summed E-state index contributed by atoms with van der Waals surface area (Å²) in [5.41, 5.74) is 9.44. The number of rotatable bonds is 14. The number of benzene rings is 4. The Balaban J connectivity index is 0.00000270. The molecule has 2 heterocycles. The van der Waals surface area contributed by atoms with Crippen molar-refractivity contribution in [3.8, 4) is 39.4 Å². The predicted molar refractivity (Wildman–Crippen MR) is 237 cm³/mol. The Morgan fingerprint density at radius 1 is 0.825 bits per heavy atom. The van der Waals surface area contributed by atoms with Gasteiger partial charge in [0.05, 0.1) is 29.5 Å². The maximum absolute atomic E-state index is 13.6. The van der Waals surface area contributed by atoms with E-state index in [2.05, 4.69) is 70.8 Å². The third-order valence-electron chi connectivity index (χ3n) is 10.6. The number of methoxy groups -OCH3 is 1. The van der Waals surface area contributed by atoms with Gasteiger partial charge in [-0.25, -0.2) is 4.98 Å². The fourth-order valence-corrected chi connectivity index (χ4v) is 7.99. The summed E-state index contributed by atoms with van der Waals surface area (Å²) in [5.74, 6) is 0.853. The van der Waals surface area contributed by atoms with Crippen molar-refractivity contribution in [3.05, 3.63) is 132 Å². The second kappa shape index (κ2) is 19.5. The molecule has 0 aliphatic heterocycles. The van der Waals surface area contributed by atoms with Gasteiger partial charge in [-0.15, -0.1) is 13.2 Å². The second-order valence-corrected chi connectivity index (χ2v) is 14.6. The molecule has 7 nitrogen and oxygen atoms in total. The standard InChI is InChI=1S/C47H47ClN4O3.C2H6/c1-4-6-25-49-44(53)30-52-43-28-35(47(54)50-26-7-5-2)15-21-39(43)45(32-11-9-8-10-12-32)46(52)34-17-23-41-33(27-34)16-24-42(51-41)40-29-37(55-3)20-22-38(40)31-13-18-36(48)19-14-31;1-2/h4-5,13-24,27-29,32H,1-2,6-12,25-26,30H2,3H3,(H,49,53)(H,50,54);1-2H3. The van der Waals surface area contributed by atoms with Crippen LogP contribution in [0.25, 0.3) is 55.4 Å². The van der Waals surface area contributed by atoms with Crippen LogP contribution in [-0.4, -0.2) is 41.6 Å². The van der Waals surface area contributed by atoms with E-state index < -0.39 is 0 Å². The van der Waals surface area contributed by atoms with E-state index >= 15 is 0 Å². The molecule has 2 aromatic heterocycles. The molecule has 7 rings (SSSR count). The molecule has 2 amide bonds. The van der Waals surface area contributed by atoms with Gasteiger partial charge in [-0.2, -0.15) is 0 Å². The predicted octanol–water partition coefficient (Wildman–Crippen LogP) is 11.9. The molecule has 8 heteroatoms. The molecule has 1 saturated carbocycles. The Labute approximate surface area is 341 Å². The first-order valence-corrected chi connectivity index (χ1v) is 20.5. The number of pyridine rings is 1. The highest BCUT2D eigenvalue weighted by molar-refractivity contribution is 6.30. The SMILES string of the molecule is C=CCCNC(=O)Cn1c(-c2ccc3nc(-c4cc(OC)ccc4-c4ccc(Cl)cc4)ccc3c2)c(C2CCCCC2)c2ccc(C(=O)NCCC=C)cc21.CC. The summed E-state index contributed by atoms with van der Waals surface area (Å²) in [6.45, 7) is 12.7. The number of carbonyl (C=O) groups is 2. The molecule has 1 aliphatic rings. The Morgan fingerprint density at radius 3 is 2.26 bits per heavy atom. The first-order chi connectivity index (χ1) is 27.9. The lowest BCUT2D eigenvalue weighted by molar-refractivity contribution is -0.121. The lowest BCUT2D eigenvalue weighted by Gasteiger charge is -2.24. The first-order valence-electron chi connectivity index (χ1n) is 20.2. The van der Waals surface area contributed by atoms with E-state index in [-0.39, 0.29) is 18.4 Å². The van der Waals surface area contributed by atoms with Crippen molar-refractivity contribution in [3.63, 3.8) is 0 Å². The maximum atomic E-state index is 13.6. The molecular weight excluding hydrogens is 728 g/mol. The molecule has 4 aromatic carbocycles. The average molecular weight is 781 g/mol. The van der Waals surface area contributed by atoms with Gasteiger partial charge in [0, 0.05) is 40.0 Å². The van der Waals surface area contributed by atoms with Gasteiger partial charge >= 0.3 is 0 Å². The summed E-state index contributed by atoms with van der Waals surface area (Å²) < 4.78 is 7.75. The number of nitrogens with one attached hydrogen (secondary N) is 2. The van der Waals surface area contributed by atoms with Crippen LogP contribution in [0.3, 0.4) is 0 Å². The van der Waals surface area contributed by atoms with Crippen LogP contribution < -0.4 is 15.4 Å². The highest BCUT2D eigenvalue weighted by atomic mass is 35.5. The fourth-order valence-electron chi connectivity index (χ4n) is 7.87. The van der Waals surface area contributed by atoms with Gasteiger partial charge in [0.1, 0.15) is 12.3 Å². The number of hydrogen-bond donors (Lipinski definition) is 2. The quantitative estimate of drug-likeness (QED) is 0.0851. The summed E-state index contributed by atoms with van der Waals surface area (Å²) in [5, 5.41) is 8.83. The molecule has 0 radical (unpaired) electrons. The van der Waals surface area contributed by atoms with E-state index in [1.807, 2.05) is 62.4 Å². The van der Waals surface area contributed by atoms with Crippen molar-refractivity contribution in [2.45, 2.75) is 71.3 Å². The minimum Gasteiger partial charge on any atom is -0.497 e. The molecule has 6 aromatic rings. The third kappa shape index (κ3) is 9.32. The Kier molecular flexibility index (Phi) is 14.0. The van der Waals surface area contributed by atoms with Gasteiger partial charge in [-0.3, -0.25) is 9.59 Å². The van der Waals surface area contributed by atoms with Crippen LogP contribution in [0, 0.1) is 0 Å². The van der Waals surface area contributed by atoms with Crippen LogP contribution in [-0.2, 0) is 11.3 Å². The van der Waals surface area contributed by atoms with Gasteiger partial charge in [-0.05, 0) is 108 Å². The zero-order valence-corrected chi connectivity index (χ0v) is 34.1. The van der Waals surface area contributed by atoms with Crippen LogP contribution >= 0.6 is 11.6 Å². The number of hydrogen-bond acceptors (Lipinski definition) is 4. The van der Waals surface area contributed by atoms with Gasteiger partial charge in [0.2, 0.25) is 5.91 Å². The van der Waals surface area contributed by atoms with Crippen molar-refractivity contribution < 1.29 is 14.3 Å². The van der Waals surface area contributed by atoms with E-state index in [0.717, 1.165) is 86.9 Å². The Morgan fingerprint density at radius 2 is 1.54 bits per heavy atom. The lowest BCUT2D eigenvalue weighted by Crippen LogP contribution is -2.28. The minimum atomic E-state index is -0.143. The van der Waals surface area contributed by atoms with Gasteiger partial charge in [-0.1, -0.05) is 93.3 Å². The molecule has 0 spiro atoms. The van der Waals surface area contributed by atoms with E-state index in [9.17, 15) is 9.59 Å². The van der Waals surface area contributed by atoms with Gasteiger partial charge in [0.15, 0.2) is 0 Å². The molecule has 57 heavy (non-hydrogen) atoms. The Hall–Kier alpha value is -5.66. The largest absolute Gasteiger partial charge is 0.497 e. The summed E-state index contributed by atoms with van der Waals surface area (Å²) in [6.07, 6.45) is 10.7. The lowest BCUT2D eigenvalue weighted by atomic mass is 9.81. The van der Waals surface area contributed by atoms with Gasteiger partial charge in [0.25, 0.3) is 5.91 Å². The van der Waals surface area contributed by atoms with Crippen LogP contribution in [0.4, 0.5) is 0 Å². The molecular formula is C49H53ClN4O3. The molecule has 0 atom stereocenters. The average Bonchev–Trinajstić information content (AvgIpc) is 3.57. The summed E-state index contributed by atoms with van der Waals surface area (Å²) in [6, 6.07) is 30.4. The summed E-state index contributed by atoms with van der Waals surface area (Å²) in [4.78, 5) is 32.1. The zero-order valence-electron chi connectivity index (χ0n) is 33.4. The maximum Gasteiger partial charge on any atom is 0.251 e. The monoisotopic (exact) mass is 780 g/mol. The molecule has 0 saturated heterocycles. The number of ether oxygens (including phenoxy) is 1. The van der Waals surface area contributed by atoms with E-state index in [4.69, 9.17) is 21.3 Å². The first kappa shape index (κ1) is 41.0. The minimum absolute atomic E-state index is 0.0853. The van der Waals surface area contributed by atoms with Crippen LogP contribution in [0.5, 0.6) is 5.75 Å². The van der Waals surface area contributed by atoms with Crippen LogP contribution in [0.2, 0.25) is 5.02 Å². The molecule has 2 N–H and O–H groups in total. The van der Waals surface area contributed by atoms with Crippen molar-refractivity contribution >= 4 is 45.2 Å². The highest BCUT2D eigenvalue weighted by Crippen LogP contribution is 2.45. The molecule has 0 unspecified atom stereocenters. The van der Waals surface area contributed by atoms with E-state index in [1.165, 1.54) is 12.0 Å². The molecule has 294 valence electrons. The number of amides is 2. The van der Waals surface area contributed by atoms with Crippen LogP contribution in [0.15, 0.2) is 116 Å². The highest BCUT2D eigenvalue weighted by Gasteiger charge is 2.28. The summed E-state index contributed by atoms with van der Waals surface area (Å²) >= 11 is 6.23. The van der Waals surface area contributed by atoms with E-state index in [0.29, 0.717) is 42.4 Å². The van der Waals surface area contributed by atoms with Crippen molar-refractivity contribution in [2.75, 3.05) is 20.2 Å². The van der Waals surface area contributed by atoms with Crippen molar-refractivity contribution in [1.29, 1.82) is 0 Å². The molecule has 0 bridgehead atoms. The zero-order chi connectivity index (χ0) is 40.3. The summed E-state index contributed by atoms with van der Waals surface area (Å²) in [7, 11) is 1.67. The van der Waals surface area contributed by atoms with Crippen LogP contribution in [0.1, 0.15) is 80.6 Å². The smallest absolute Gasteiger partial charge is 0.251 e. The topological polar surface area (TPSA) is 85.2 Å². The second-order valence-electron chi connectivity index (χ2n) is 14.2. The number of nitrogens with zero attached hydrogens (tertiary/aromatic N) is 2. The van der Waals surface area contributed by atoms with Crippen molar-refractivity contribution in [1.82, 2.24) is 20.2 Å². The number of carbonyl (C=O) groups excluding carboxylic acids is 2. The third-order valence-corrected chi connectivity index (χ3v) is 10.9. The van der Waals surface area contributed by atoms with Crippen molar-refractivity contribution in [2.24, 2.45) is 0 Å². The van der Waals surface area contributed by atoms with Gasteiger partial charge < -0.3 is 19.9 Å².